The molecule has 0 fully saturated rings. The Morgan fingerprint density at radius 1 is 1.17 bits per heavy atom. The molecule has 2 aromatic rings. The summed E-state index contributed by atoms with van der Waals surface area (Å²) >= 11 is 0. The van der Waals surface area contributed by atoms with E-state index in [4.69, 9.17) is 4.74 Å². The van der Waals surface area contributed by atoms with Gasteiger partial charge in [0.25, 0.3) is 5.69 Å². The molecule has 0 spiro atoms. The third-order valence-corrected chi connectivity index (χ3v) is 4.48. The summed E-state index contributed by atoms with van der Waals surface area (Å²) < 4.78 is 28.1. The molecule has 0 bridgehead atoms. The highest BCUT2D eigenvalue weighted by Gasteiger charge is 2.17. The monoisotopic (exact) mass is 349 g/mol. The number of sulfone groups is 1. The van der Waals surface area contributed by atoms with E-state index in [0.29, 0.717) is 5.56 Å². The van der Waals surface area contributed by atoms with Crippen LogP contribution in [0.15, 0.2) is 53.4 Å². The molecule has 0 amide bonds. The highest BCUT2D eigenvalue weighted by Crippen LogP contribution is 2.23. The number of nitrogens with zero attached hydrogens (tertiary/aromatic N) is 1. The molecule has 7 nitrogen and oxygen atoms in total. The van der Waals surface area contributed by atoms with Gasteiger partial charge in [-0.15, -0.1) is 0 Å². The van der Waals surface area contributed by atoms with Gasteiger partial charge in [-0.2, -0.15) is 0 Å². The average Bonchev–Trinajstić information content (AvgIpc) is 2.54. The molecule has 1 atom stereocenters. The molecular weight excluding hydrogens is 334 g/mol. The summed E-state index contributed by atoms with van der Waals surface area (Å²) in [5.41, 5.74) is 0.595. The van der Waals surface area contributed by atoms with Gasteiger partial charge in [0, 0.05) is 18.4 Å². The molecule has 0 saturated carbocycles. The first-order valence-electron chi connectivity index (χ1n) is 6.94. The van der Waals surface area contributed by atoms with Crippen LogP contribution in [0.5, 0.6) is 0 Å². The highest BCUT2D eigenvalue weighted by atomic mass is 32.2. The normalized spacial score (nSPS) is 12.4. The minimum absolute atomic E-state index is 0.0899. The second kappa shape index (κ2) is 6.79. The van der Waals surface area contributed by atoms with Gasteiger partial charge < -0.3 is 4.74 Å². The zero-order chi connectivity index (χ0) is 17.9. The number of hydrogen-bond acceptors (Lipinski definition) is 6. The number of carbonyl (C=O) groups is 1. The van der Waals surface area contributed by atoms with Crippen LogP contribution in [0.1, 0.15) is 28.9 Å². The van der Waals surface area contributed by atoms with E-state index in [1.54, 1.807) is 13.0 Å². The molecule has 0 aliphatic heterocycles. The summed E-state index contributed by atoms with van der Waals surface area (Å²) in [5.74, 6) is -0.644. The van der Waals surface area contributed by atoms with Crippen molar-refractivity contribution in [3.05, 3.63) is 69.8 Å². The summed E-state index contributed by atoms with van der Waals surface area (Å²) in [7, 11) is -3.34. The number of non-ortho nitro benzene ring substituents is 1. The molecular formula is C16H15NO6S. The summed E-state index contributed by atoms with van der Waals surface area (Å²) in [6.45, 7) is 1.60. The van der Waals surface area contributed by atoms with E-state index in [1.807, 2.05) is 0 Å². The maximum absolute atomic E-state index is 12.1. The van der Waals surface area contributed by atoms with E-state index in [9.17, 15) is 23.3 Å². The van der Waals surface area contributed by atoms with E-state index in [0.717, 1.165) is 6.26 Å². The number of hydrogen-bond donors (Lipinski definition) is 0. The van der Waals surface area contributed by atoms with Crippen molar-refractivity contribution < 1.29 is 22.9 Å². The lowest BCUT2D eigenvalue weighted by molar-refractivity contribution is -0.385. The van der Waals surface area contributed by atoms with Gasteiger partial charge in [-0.05, 0) is 36.8 Å². The topological polar surface area (TPSA) is 104 Å². The van der Waals surface area contributed by atoms with Crippen molar-refractivity contribution in [2.75, 3.05) is 6.26 Å². The fourth-order valence-electron chi connectivity index (χ4n) is 2.03. The Labute approximate surface area is 139 Å². The van der Waals surface area contributed by atoms with Gasteiger partial charge in [0.2, 0.25) is 0 Å². The fourth-order valence-corrected chi connectivity index (χ4v) is 2.66. The van der Waals surface area contributed by atoms with Crippen molar-refractivity contribution in [3.8, 4) is 0 Å². The Morgan fingerprint density at radius 2 is 1.79 bits per heavy atom. The predicted molar refractivity (Wildman–Crippen MR) is 86.5 cm³/mol. The molecule has 0 aliphatic rings. The molecule has 2 rings (SSSR count). The lowest BCUT2D eigenvalue weighted by atomic mass is 10.1. The Kier molecular flexibility index (Phi) is 4.99. The Morgan fingerprint density at radius 3 is 2.33 bits per heavy atom. The van der Waals surface area contributed by atoms with E-state index in [2.05, 4.69) is 0 Å². The summed E-state index contributed by atoms with van der Waals surface area (Å²) in [5, 5.41) is 10.8. The third kappa shape index (κ3) is 4.17. The minimum Gasteiger partial charge on any atom is -0.454 e. The van der Waals surface area contributed by atoms with Gasteiger partial charge in [0.1, 0.15) is 6.10 Å². The molecule has 0 heterocycles. The van der Waals surface area contributed by atoms with Crippen molar-refractivity contribution in [1.29, 1.82) is 0 Å². The van der Waals surface area contributed by atoms with Crippen LogP contribution in [0.2, 0.25) is 0 Å². The van der Waals surface area contributed by atoms with E-state index >= 15 is 0 Å². The SMILES string of the molecule is C[C@@H](OC(=O)c1ccc(S(C)(=O)=O)cc1)c1cccc([N+](=O)[O-])c1. The van der Waals surface area contributed by atoms with Gasteiger partial charge in [-0.1, -0.05) is 12.1 Å². The summed E-state index contributed by atoms with van der Waals surface area (Å²) in [4.78, 5) is 22.5. The van der Waals surface area contributed by atoms with Gasteiger partial charge in [0.05, 0.1) is 15.4 Å². The lowest BCUT2D eigenvalue weighted by Crippen LogP contribution is -2.10. The van der Waals surface area contributed by atoms with E-state index < -0.39 is 26.8 Å². The Balaban J connectivity index is 2.14. The average molecular weight is 349 g/mol. The number of carbonyl (C=O) groups excluding carboxylic acids is 1. The quantitative estimate of drug-likeness (QED) is 0.467. The molecule has 126 valence electrons. The van der Waals surface area contributed by atoms with Crippen LogP contribution in [0.4, 0.5) is 5.69 Å². The zero-order valence-electron chi connectivity index (χ0n) is 13.0. The first-order chi connectivity index (χ1) is 11.2. The maximum atomic E-state index is 12.1. The number of ether oxygens (including phenoxy) is 1. The van der Waals surface area contributed by atoms with Crippen LogP contribution < -0.4 is 0 Å². The van der Waals surface area contributed by atoms with Crippen LogP contribution in [0, 0.1) is 10.1 Å². The van der Waals surface area contributed by atoms with Crippen molar-refractivity contribution in [2.24, 2.45) is 0 Å². The third-order valence-electron chi connectivity index (χ3n) is 3.35. The number of nitro groups is 1. The molecule has 0 aromatic heterocycles. The molecule has 24 heavy (non-hydrogen) atoms. The van der Waals surface area contributed by atoms with Crippen molar-refractivity contribution in [3.63, 3.8) is 0 Å². The van der Waals surface area contributed by atoms with E-state index in [-0.39, 0.29) is 16.1 Å². The van der Waals surface area contributed by atoms with Gasteiger partial charge in [-0.3, -0.25) is 10.1 Å². The van der Waals surface area contributed by atoms with Crippen molar-refractivity contribution in [2.45, 2.75) is 17.9 Å². The van der Waals surface area contributed by atoms with Crippen LogP contribution >= 0.6 is 0 Å². The van der Waals surface area contributed by atoms with Gasteiger partial charge >= 0.3 is 5.97 Å². The fraction of sp³-hybridized carbons (Fsp3) is 0.188. The van der Waals surface area contributed by atoms with Crippen LogP contribution in [-0.2, 0) is 14.6 Å². The number of benzene rings is 2. The number of nitro benzene ring substituents is 1. The molecule has 8 heteroatoms. The second-order valence-corrected chi connectivity index (χ2v) is 7.21. The van der Waals surface area contributed by atoms with Crippen LogP contribution in [0.3, 0.4) is 0 Å². The van der Waals surface area contributed by atoms with Gasteiger partial charge in [-0.25, -0.2) is 13.2 Å². The largest absolute Gasteiger partial charge is 0.454 e. The molecule has 0 radical (unpaired) electrons. The lowest BCUT2D eigenvalue weighted by Gasteiger charge is -2.13. The molecule has 0 saturated heterocycles. The summed E-state index contributed by atoms with van der Waals surface area (Å²) in [6.07, 6.45) is 0.386. The smallest absolute Gasteiger partial charge is 0.338 e. The van der Waals surface area contributed by atoms with Crippen molar-refractivity contribution in [1.82, 2.24) is 0 Å². The molecule has 0 N–H and O–H groups in total. The molecule has 0 unspecified atom stereocenters. The van der Waals surface area contributed by atoms with Crippen molar-refractivity contribution >= 4 is 21.5 Å². The maximum Gasteiger partial charge on any atom is 0.338 e. The van der Waals surface area contributed by atoms with E-state index in [1.165, 1.54) is 42.5 Å². The first-order valence-corrected chi connectivity index (χ1v) is 8.83. The summed E-state index contributed by atoms with van der Waals surface area (Å²) in [6, 6.07) is 11.2. The Bertz CT molecular complexity index is 874. The predicted octanol–water partition coefficient (Wildman–Crippen LogP) is 2.92. The number of esters is 1. The molecule has 0 aliphatic carbocycles. The standard InChI is InChI=1S/C16H15NO6S/c1-11(13-4-3-5-14(10-13)17(19)20)23-16(18)12-6-8-15(9-7-12)24(2,21)22/h3-11H,1-2H3/t11-/m1/s1. The van der Waals surface area contributed by atoms with Crippen LogP contribution in [0.25, 0.3) is 0 Å². The highest BCUT2D eigenvalue weighted by molar-refractivity contribution is 7.90. The van der Waals surface area contributed by atoms with Gasteiger partial charge in [0.15, 0.2) is 9.84 Å². The zero-order valence-corrected chi connectivity index (χ0v) is 13.8. The second-order valence-electron chi connectivity index (χ2n) is 5.20. The Hall–Kier alpha value is -2.74. The molecule has 2 aromatic carbocycles. The minimum atomic E-state index is -3.34. The number of rotatable bonds is 5. The first kappa shape index (κ1) is 17.6. The van der Waals surface area contributed by atoms with Crippen LogP contribution in [-0.4, -0.2) is 25.6 Å².